The normalized spacial score (nSPS) is 9.78. The Morgan fingerprint density at radius 3 is 0.957 bits per heavy atom. The van der Waals surface area contributed by atoms with Gasteiger partial charge in [0.1, 0.15) is 23.2 Å². The number of rotatable bonds is 3. The van der Waals surface area contributed by atoms with Gasteiger partial charge in [0.05, 0.1) is 6.66 Å². The van der Waals surface area contributed by atoms with Crippen molar-refractivity contribution in [1.82, 2.24) is 6.15 Å². The zero-order chi connectivity index (χ0) is 13.8. The Bertz CT molecular complexity index is 579. The fourth-order valence-electron chi connectivity index (χ4n) is 2.63. The number of hydrogen-bond acceptors (Lipinski definition) is 1. The van der Waals surface area contributed by atoms with E-state index in [2.05, 4.69) is 97.7 Å². The summed E-state index contributed by atoms with van der Waals surface area (Å²) >= 11 is 0. The third-order valence-electron chi connectivity index (χ3n) is 3.82. The summed E-state index contributed by atoms with van der Waals surface area (Å²) in [6.07, 6.45) is 0. The monoisotopic (exact) mass is 453 g/mol. The lowest BCUT2D eigenvalue weighted by molar-refractivity contribution is -0.00000447. The summed E-state index contributed by atoms with van der Waals surface area (Å²) in [5.41, 5.74) is 0. The minimum absolute atomic E-state index is 0. The minimum Gasteiger partial charge on any atom is -1.00 e. The first kappa shape index (κ1) is 22.0. The largest absolute Gasteiger partial charge is 1.00 e. The van der Waals surface area contributed by atoms with Crippen LogP contribution < -0.4 is 39.0 Å². The van der Waals surface area contributed by atoms with Crippen LogP contribution in [-0.4, -0.2) is 6.66 Å². The van der Waals surface area contributed by atoms with Crippen molar-refractivity contribution in [1.29, 1.82) is 0 Å². The van der Waals surface area contributed by atoms with E-state index in [4.69, 9.17) is 0 Å². The molecule has 0 fully saturated rings. The van der Waals surface area contributed by atoms with Crippen molar-refractivity contribution < 1.29 is 17.0 Å². The molecule has 3 N–H and O–H groups in total. The molecular formula is C19H22Br2NP. The number of halogens is 2. The highest BCUT2D eigenvalue weighted by Crippen LogP contribution is 2.51. The van der Waals surface area contributed by atoms with Crippen LogP contribution in [0, 0.1) is 0 Å². The van der Waals surface area contributed by atoms with Crippen LogP contribution in [0.2, 0.25) is 0 Å². The van der Waals surface area contributed by atoms with Crippen LogP contribution in [0.1, 0.15) is 0 Å². The highest BCUT2D eigenvalue weighted by molar-refractivity contribution is 8.93. The molecule has 0 unspecified atom stereocenters. The lowest BCUT2D eigenvalue weighted by Gasteiger charge is -2.22. The van der Waals surface area contributed by atoms with Crippen molar-refractivity contribution >= 4 is 40.2 Å². The van der Waals surface area contributed by atoms with Crippen LogP contribution in [0.5, 0.6) is 0 Å². The molecule has 0 aliphatic rings. The van der Waals surface area contributed by atoms with Crippen molar-refractivity contribution in [3.8, 4) is 0 Å². The van der Waals surface area contributed by atoms with Crippen molar-refractivity contribution in [3.63, 3.8) is 0 Å². The molecule has 1 nitrogen and oxygen atoms in total. The van der Waals surface area contributed by atoms with Gasteiger partial charge in [0, 0.05) is 0 Å². The summed E-state index contributed by atoms with van der Waals surface area (Å²) in [6.45, 7) is 2.41. The second-order valence-electron chi connectivity index (χ2n) is 5.01. The van der Waals surface area contributed by atoms with E-state index in [0.29, 0.717) is 0 Å². The molecule has 0 aliphatic carbocycles. The second kappa shape index (κ2) is 10.00. The molecule has 122 valence electrons. The maximum atomic E-state index is 2.41. The lowest BCUT2D eigenvalue weighted by Crippen LogP contribution is -3.00. The molecule has 0 saturated heterocycles. The smallest absolute Gasteiger partial charge is 0.109 e. The zero-order valence-corrected chi connectivity index (χ0v) is 17.3. The molecule has 4 heteroatoms. The second-order valence-corrected chi connectivity index (χ2v) is 8.57. The molecule has 0 saturated carbocycles. The van der Waals surface area contributed by atoms with E-state index >= 15 is 0 Å². The maximum Gasteiger partial charge on any atom is 0.109 e. The molecule has 0 aromatic heterocycles. The molecule has 3 aromatic rings. The quantitative estimate of drug-likeness (QED) is 0.596. The summed E-state index contributed by atoms with van der Waals surface area (Å²) < 4.78 is 0. The van der Waals surface area contributed by atoms with Gasteiger partial charge in [-0.05, 0) is 36.4 Å². The fraction of sp³-hybridized carbons (Fsp3) is 0.0526. The Morgan fingerprint density at radius 1 is 0.522 bits per heavy atom. The zero-order valence-electron chi connectivity index (χ0n) is 13.1. The van der Waals surface area contributed by atoms with Gasteiger partial charge in [0.2, 0.25) is 0 Å². The topological polar surface area (TPSA) is 35.0 Å². The van der Waals surface area contributed by atoms with Crippen LogP contribution in [0.3, 0.4) is 0 Å². The standard InChI is InChI=1S/C19H18P.2BrH.H3N/c1-20(17-11-5-2-6-12-17,18-13-7-3-8-14-18)19-15-9-4-10-16-19;;;/h2-16H,1H3;2*1H;1H3/q+1;;;/p-1. The van der Waals surface area contributed by atoms with Crippen molar-refractivity contribution in [2.24, 2.45) is 0 Å². The third kappa shape index (κ3) is 4.51. The average Bonchev–Trinajstić information content (AvgIpc) is 2.56. The first-order chi connectivity index (χ1) is 9.82. The molecule has 23 heavy (non-hydrogen) atoms. The Morgan fingerprint density at radius 2 is 0.739 bits per heavy atom. The predicted molar refractivity (Wildman–Crippen MR) is 106 cm³/mol. The molecule has 0 spiro atoms. The van der Waals surface area contributed by atoms with E-state index in [0.717, 1.165) is 0 Å². The van der Waals surface area contributed by atoms with Gasteiger partial charge < -0.3 is 23.1 Å². The van der Waals surface area contributed by atoms with Crippen LogP contribution in [0.15, 0.2) is 91.0 Å². The van der Waals surface area contributed by atoms with Crippen LogP contribution >= 0.6 is 24.2 Å². The Hall–Kier alpha value is -0.990. The summed E-state index contributed by atoms with van der Waals surface area (Å²) in [6, 6.07) is 32.6. The average molecular weight is 455 g/mol. The van der Waals surface area contributed by atoms with Crippen molar-refractivity contribution in [3.05, 3.63) is 91.0 Å². The summed E-state index contributed by atoms with van der Waals surface area (Å²) in [4.78, 5) is 0. The third-order valence-corrected chi connectivity index (χ3v) is 7.81. The molecule has 0 bridgehead atoms. The van der Waals surface area contributed by atoms with E-state index in [-0.39, 0.29) is 40.1 Å². The van der Waals surface area contributed by atoms with Gasteiger partial charge in [-0.1, -0.05) is 54.6 Å². The minimum atomic E-state index is -1.53. The number of benzene rings is 3. The van der Waals surface area contributed by atoms with Gasteiger partial charge in [0.15, 0.2) is 0 Å². The van der Waals surface area contributed by atoms with E-state index in [1.54, 1.807) is 0 Å². The van der Waals surface area contributed by atoms with Crippen molar-refractivity contribution in [2.75, 3.05) is 6.66 Å². The molecule has 0 atom stereocenters. The van der Waals surface area contributed by atoms with Crippen molar-refractivity contribution in [2.45, 2.75) is 0 Å². The molecule has 0 amide bonds. The van der Waals surface area contributed by atoms with E-state index < -0.39 is 7.26 Å². The van der Waals surface area contributed by atoms with Crippen LogP contribution in [0.25, 0.3) is 0 Å². The van der Waals surface area contributed by atoms with E-state index in [9.17, 15) is 0 Å². The Kier molecular flexibility index (Phi) is 9.57. The highest BCUT2D eigenvalue weighted by atomic mass is 79.9. The molecule has 3 rings (SSSR count). The highest BCUT2D eigenvalue weighted by Gasteiger charge is 2.39. The molecule has 0 aliphatic heterocycles. The predicted octanol–water partition coefficient (Wildman–Crippen LogP) is 1.35. The van der Waals surface area contributed by atoms with Gasteiger partial charge >= 0.3 is 0 Å². The molecule has 0 radical (unpaired) electrons. The summed E-state index contributed by atoms with van der Waals surface area (Å²) in [7, 11) is -1.53. The Balaban J connectivity index is 0.00000161. The SMILES string of the molecule is Br.C[P+](c1ccccc1)(c1ccccc1)c1ccccc1.N.[Br-]. The maximum absolute atomic E-state index is 2.41. The first-order valence-electron chi connectivity index (χ1n) is 6.85. The molecule has 3 aromatic carbocycles. The van der Waals surface area contributed by atoms with Gasteiger partial charge in [-0.2, -0.15) is 0 Å². The summed E-state index contributed by atoms with van der Waals surface area (Å²) in [5, 5.41) is 4.28. The van der Waals surface area contributed by atoms with Gasteiger partial charge in [0.25, 0.3) is 0 Å². The summed E-state index contributed by atoms with van der Waals surface area (Å²) in [5.74, 6) is 0. The van der Waals surface area contributed by atoms with Gasteiger partial charge in [-0.3, -0.25) is 0 Å². The van der Waals surface area contributed by atoms with Crippen LogP contribution in [-0.2, 0) is 0 Å². The van der Waals surface area contributed by atoms with E-state index in [1.807, 2.05) is 0 Å². The molecular weight excluding hydrogens is 433 g/mol. The Labute approximate surface area is 160 Å². The van der Waals surface area contributed by atoms with Crippen LogP contribution in [0.4, 0.5) is 0 Å². The lowest BCUT2D eigenvalue weighted by atomic mass is 10.4. The van der Waals surface area contributed by atoms with Gasteiger partial charge in [-0.15, -0.1) is 17.0 Å². The number of hydrogen-bond donors (Lipinski definition) is 1. The molecule has 0 heterocycles. The fourth-order valence-corrected chi connectivity index (χ4v) is 5.83. The van der Waals surface area contributed by atoms with E-state index in [1.165, 1.54) is 15.9 Å². The van der Waals surface area contributed by atoms with Gasteiger partial charge in [-0.25, -0.2) is 0 Å². The first-order valence-corrected chi connectivity index (χ1v) is 9.09.